The van der Waals surface area contributed by atoms with Crippen LogP contribution in [-0.2, 0) is 14.3 Å². The van der Waals surface area contributed by atoms with E-state index in [1.807, 2.05) is 26.0 Å². The fourth-order valence-corrected chi connectivity index (χ4v) is 4.84. The molecule has 2 aliphatic rings. The van der Waals surface area contributed by atoms with Gasteiger partial charge >= 0.3 is 12.0 Å². The maximum Gasteiger partial charge on any atom is 0.411 e. The minimum Gasteiger partial charge on any atom is -0.444 e. The molecule has 1 aromatic rings. The van der Waals surface area contributed by atoms with E-state index < -0.39 is 46.9 Å². The molecule has 3 rings (SSSR count). The van der Waals surface area contributed by atoms with Gasteiger partial charge in [0, 0.05) is 23.7 Å². The standard InChI is InChI=1S/C28H40F2N4O4/c1-7-8-9-10-11-14-28(29,30)24(36)31-17-27-15-20(23(35)33-22-18(2)12-13-19(3)32-22)34(21(27)16-27)25(37)38-26(4,5)6/h11-14,20-21H,7-10,15-17H2,1-6H3,(H,31,36)(H,32,33,35)/t20-,21+,27-/m0/s1. The zero-order valence-electron chi connectivity index (χ0n) is 23.2. The third-order valence-electron chi connectivity index (χ3n) is 7.01. The van der Waals surface area contributed by atoms with Crippen LogP contribution in [0.2, 0.25) is 0 Å². The number of aryl methyl sites for hydroxylation is 2. The molecular formula is C28H40F2N4O4. The van der Waals surface area contributed by atoms with Crippen molar-refractivity contribution in [1.29, 1.82) is 0 Å². The van der Waals surface area contributed by atoms with Crippen LogP contribution in [0, 0.1) is 19.3 Å². The molecule has 210 valence electrons. The van der Waals surface area contributed by atoms with Gasteiger partial charge in [0.1, 0.15) is 17.5 Å². The van der Waals surface area contributed by atoms with Crippen molar-refractivity contribution in [3.63, 3.8) is 0 Å². The maximum atomic E-state index is 14.4. The van der Waals surface area contributed by atoms with E-state index in [-0.39, 0.29) is 13.0 Å². The monoisotopic (exact) mass is 534 g/mol. The van der Waals surface area contributed by atoms with E-state index in [4.69, 9.17) is 4.74 Å². The molecule has 0 radical (unpaired) electrons. The second-order valence-corrected chi connectivity index (χ2v) is 11.5. The minimum atomic E-state index is -3.64. The number of unbranched alkanes of at least 4 members (excludes halogenated alkanes) is 3. The number of likely N-dealkylation sites (tertiary alicyclic amines) is 1. The summed E-state index contributed by atoms with van der Waals surface area (Å²) in [4.78, 5) is 44.5. The number of carbonyl (C=O) groups is 3. The van der Waals surface area contributed by atoms with Gasteiger partial charge in [0.25, 0.3) is 5.91 Å². The summed E-state index contributed by atoms with van der Waals surface area (Å²) in [5.74, 6) is -5.06. The summed E-state index contributed by atoms with van der Waals surface area (Å²) < 4.78 is 34.3. The lowest BCUT2D eigenvalue weighted by molar-refractivity contribution is -0.139. The number of amides is 3. The molecule has 0 bridgehead atoms. The van der Waals surface area contributed by atoms with Crippen molar-refractivity contribution in [3.8, 4) is 0 Å². The average Bonchev–Trinajstić information content (AvgIpc) is 3.41. The van der Waals surface area contributed by atoms with Gasteiger partial charge < -0.3 is 15.4 Å². The van der Waals surface area contributed by atoms with Crippen molar-refractivity contribution in [2.24, 2.45) is 5.41 Å². The Bertz CT molecular complexity index is 1090. The fourth-order valence-electron chi connectivity index (χ4n) is 4.84. The normalized spacial score (nSPS) is 22.8. The first-order valence-corrected chi connectivity index (χ1v) is 13.3. The van der Waals surface area contributed by atoms with Crippen LogP contribution < -0.4 is 10.6 Å². The Labute approximate surface area is 223 Å². The summed E-state index contributed by atoms with van der Waals surface area (Å²) in [6.45, 7) is 10.8. The van der Waals surface area contributed by atoms with E-state index >= 15 is 0 Å². The maximum absolute atomic E-state index is 14.4. The molecule has 8 nitrogen and oxygen atoms in total. The van der Waals surface area contributed by atoms with E-state index in [0.29, 0.717) is 24.7 Å². The largest absolute Gasteiger partial charge is 0.444 e. The lowest BCUT2D eigenvalue weighted by Gasteiger charge is -2.29. The predicted octanol–water partition coefficient (Wildman–Crippen LogP) is 5.29. The van der Waals surface area contributed by atoms with Gasteiger partial charge in [-0.25, -0.2) is 9.78 Å². The number of pyridine rings is 1. The molecule has 2 fully saturated rings. The topological polar surface area (TPSA) is 101 Å². The van der Waals surface area contributed by atoms with E-state index in [9.17, 15) is 23.2 Å². The minimum absolute atomic E-state index is 0.0689. The zero-order valence-corrected chi connectivity index (χ0v) is 23.2. The molecule has 1 aromatic heterocycles. The number of aromatic nitrogens is 1. The van der Waals surface area contributed by atoms with Gasteiger partial charge in [-0.15, -0.1) is 0 Å². The van der Waals surface area contributed by atoms with Gasteiger partial charge in [0.05, 0.1) is 0 Å². The van der Waals surface area contributed by atoms with Crippen molar-refractivity contribution in [2.45, 2.75) is 104 Å². The lowest BCUT2D eigenvalue weighted by Crippen LogP contribution is -2.47. The van der Waals surface area contributed by atoms with E-state index in [0.717, 1.165) is 30.5 Å². The molecule has 10 heteroatoms. The fraction of sp³-hybridized carbons (Fsp3) is 0.643. The predicted molar refractivity (Wildman–Crippen MR) is 141 cm³/mol. The van der Waals surface area contributed by atoms with Crippen LogP contribution in [0.25, 0.3) is 0 Å². The molecule has 0 aromatic carbocycles. The van der Waals surface area contributed by atoms with Crippen molar-refractivity contribution < 1.29 is 27.9 Å². The van der Waals surface area contributed by atoms with Crippen molar-refractivity contribution in [3.05, 3.63) is 35.5 Å². The molecule has 3 amide bonds. The van der Waals surface area contributed by atoms with E-state index in [2.05, 4.69) is 15.6 Å². The van der Waals surface area contributed by atoms with Crippen molar-refractivity contribution in [2.75, 3.05) is 11.9 Å². The van der Waals surface area contributed by atoms with Crippen molar-refractivity contribution >= 4 is 23.7 Å². The quantitative estimate of drug-likeness (QED) is 0.314. The third kappa shape index (κ3) is 7.08. The highest BCUT2D eigenvalue weighted by Crippen LogP contribution is 2.59. The highest BCUT2D eigenvalue weighted by Gasteiger charge is 2.68. The highest BCUT2D eigenvalue weighted by atomic mass is 19.3. The number of hydrogen-bond acceptors (Lipinski definition) is 5. The summed E-state index contributed by atoms with van der Waals surface area (Å²) in [5, 5.41) is 5.18. The van der Waals surface area contributed by atoms with Crippen LogP contribution in [0.15, 0.2) is 24.3 Å². The second kappa shape index (κ2) is 11.4. The number of rotatable bonds is 10. The van der Waals surface area contributed by atoms with Gasteiger partial charge in [0.2, 0.25) is 5.91 Å². The third-order valence-corrected chi connectivity index (χ3v) is 7.01. The first kappa shape index (κ1) is 29.5. The molecule has 1 aliphatic carbocycles. The van der Waals surface area contributed by atoms with E-state index in [1.165, 1.54) is 11.0 Å². The Morgan fingerprint density at radius 3 is 2.55 bits per heavy atom. The molecule has 0 unspecified atom stereocenters. The first-order chi connectivity index (χ1) is 17.7. The Morgan fingerprint density at radius 2 is 1.89 bits per heavy atom. The molecule has 1 aliphatic heterocycles. The Balaban J connectivity index is 1.72. The number of nitrogens with zero attached hydrogens (tertiary/aromatic N) is 2. The summed E-state index contributed by atoms with van der Waals surface area (Å²) in [7, 11) is 0. The van der Waals surface area contributed by atoms with Crippen LogP contribution in [-0.4, -0.2) is 57.9 Å². The number of alkyl halides is 2. The summed E-state index contributed by atoms with van der Waals surface area (Å²) in [6.07, 6.45) is 5.23. The average molecular weight is 535 g/mol. The first-order valence-electron chi connectivity index (χ1n) is 13.3. The van der Waals surface area contributed by atoms with Gasteiger partial charge in [-0.2, -0.15) is 8.78 Å². The zero-order chi connectivity index (χ0) is 28.3. The number of carbonyl (C=O) groups excluding carboxylic acids is 3. The summed E-state index contributed by atoms with van der Waals surface area (Å²) >= 11 is 0. The number of halogens is 2. The molecule has 1 saturated heterocycles. The molecule has 2 heterocycles. The van der Waals surface area contributed by atoms with Gasteiger partial charge in [0.15, 0.2) is 0 Å². The number of ether oxygens (including phenoxy) is 1. The lowest BCUT2D eigenvalue weighted by atomic mass is 9.98. The van der Waals surface area contributed by atoms with Gasteiger partial charge in [-0.05, 0) is 78.0 Å². The molecule has 1 saturated carbocycles. The van der Waals surface area contributed by atoms with Crippen molar-refractivity contribution in [1.82, 2.24) is 15.2 Å². The van der Waals surface area contributed by atoms with Crippen LogP contribution in [0.1, 0.15) is 77.5 Å². The number of fused-ring (bicyclic) bond motifs is 1. The molecule has 3 atom stereocenters. The number of allylic oxidation sites excluding steroid dienone is 1. The van der Waals surface area contributed by atoms with Crippen LogP contribution in [0.5, 0.6) is 0 Å². The molecule has 2 N–H and O–H groups in total. The van der Waals surface area contributed by atoms with Crippen LogP contribution in [0.4, 0.5) is 19.4 Å². The molecule has 38 heavy (non-hydrogen) atoms. The Kier molecular flexibility index (Phi) is 8.83. The molecule has 0 spiro atoms. The number of hydrogen-bond donors (Lipinski definition) is 2. The molecular weight excluding hydrogens is 494 g/mol. The number of nitrogens with one attached hydrogen (secondary N) is 2. The Morgan fingerprint density at radius 1 is 1.18 bits per heavy atom. The number of anilines is 1. The SMILES string of the molecule is CCCCCC=CC(F)(F)C(=O)NC[C@@]12C[C@@H](C(=O)Nc3nc(C)ccc3C)N(C(=O)OC(C)(C)C)[C@@H]1C2. The Hall–Kier alpha value is -3.04. The van der Waals surface area contributed by atoms with Crippen LogP contribution >= 0.6 is 0 Å². The smallest absolute Gasteiger partial charge is 0.411 e. The van der Waals surface area contributed by atoms with Crippen LogP contribution in [0.3, 0.4) is 0 Å². The highest BCUT2D eigenvalue weighted by molar-refractivity contribution is 5.97. The summed E-state index contributed by atoms with van der Waals surface area (Å²) in [5.41, 5.74) is 0.0311. The number of piperidine rings is 1. The van der Waals surface area contributed by atoms with Gasteiger partial charge in [-0.3, -0.25) is 14.5 Å². The van der Waals surface area contributed by atoms with Gasteiger partial charge in [-0.1, -0.05) is 31.9 Å². The summed E-state index contributed by atoms with van der Waals surface area (Å²) in [6, 6.07) is 2.38. The van der Waals surface area contributed by atoms with E-state index in [1.54, 1.807) is 27.7 Å². The second-order valence-electron chi connectivity index (χ2n) is 11.5.